The third-order valence-electron chi connectivity index (χ3n) is 2.23. The average molecular weight is 186 g/mol. The van der Waals surface area contributed by atoms with Gasteiger partial charge in [-0.3, -0.25) is 4.79 Å². The van der Waals surface area contributed by atoms with Gasteiger partial charge in [-0.2, -0.15) is 0 Å². The van der Waals surface area contributed by atoms with Gasteiger partial charge >= 0.3 is 0 Å². The molecule has 1 unspecified atom stereocenters. The highest BCUT2D eigenvalue weighted by Gasteiger charge is 2.12. The first-order chi connectivity index (χ1) is 6.33. The fraction of sp³-hybridized carbons (Fsp3) is 0.889. The van der Waals surface area contributed by atoms with Gasteiger partial charge in [0.2, 0.25) is 5.91 Å². The lowest BCUT2D eigenvalue weighted by Crippen LogP contribution is -2.44. The molecule has 0 saturated carbocycles. The summed E-state index contributed by atoms with van der Waals surface area (Å²) in [4.78, 5) is 11.0. The molecule has 0 aromatic carbocycles. The molecule has 0 radical (unpaired) electrons. The van der Waals surface area contributed by atoms with Crippen LogP contribution in [-0.4, -0.2) is 38.8 Å². The van der Waals surface area contributed by atoms with E-state index < -0.39 is 0 Å². The van der Waals surface area contributed by atoms with E-state index in [1.54, 1.807) is 0 Å². The van der Waals surface area contributed by atoms with Crippen LogP contribution in [0.5, 0.6) is 0 Å². The lowest BCUT2D eigenvalue weighted by Gasteiger charge is -2.23. The normalized spacial score (nSPS) is 22.7. The van der Waals surface area contributed by atoms with E-state index in [1.807, 2.05) is 0 Å². The first-order valence-electron chi connectivity index (χ1n) is 4.82. The third-order valence-corrected chi connectivity index (χ3v) is 2.23. The second-order valence-electron chi connectivity index (χ2n) is 3.38. The van der Waals surface area contributed by atoms with Crippen LogP contribution in [0.1, 0.15) is 19.3 Å². The van der Waals surface area contributed by atoms with Crippen molar-refractivity contribution in [3.8, 4) is 0 Å². The van der Waals surface area contributed by atoms with E-state index in [2.05, 4.69) is 10.6 Å². The van der Waals surface area contributed by atoms with Gasteiger partial charge in [-0.15, -0.1) is 0 Å². The molecule has 2 N–H and O–H groups in total. The van der Waals surface area contributed by atoms with Crippen LogP contribution in [0.25, 0.3) is 0 Å². The van der Waals surface area contributed by atoms with Crippen molar-refractivity contribution in [1.82, 2.24) is 10.6 Å². The summed E-state index contributed by atoms with van der Waals surface area (Å²) in [7, 11) is 1.53. The molecule has 1 saturated heterocycles. The molecule has 1 aliphatic heterocycles. The van der Waals surface area contributed by atoms with Crippen LogP contribution < -0.4 is 10.6 Å². The Labute approximate surface area is 79.0 Å². The number of hydrogen-bond donors (Lipinski definition) is 2. The number of ether oxygens (including phenoxy) is 1. The molecule has 1 atom stereocenters. The SMILES string of the molecule is COCC(=O)NCC1CCCCN1. The molecule has 0 aromatic heterocycles. The number of methoxy groups -OCH3 is 1. The Morgan fingerprint density at radius 3 is 3.08 bits per heavy atom. The molecule has 0 aliphatic carbocycles. The molecule has 1 amide bonds. The van der Waals surface area contributed by atoms with E-state index in [9.17, 15) is 4.79 Å². The maximum atomic E-state index is 11.0. The highest BCUT2D eigenvalue weighted by Crippen LogP contribution is 2.05. The summed E-state index contributed by atoms with van der Waals surface area (Å²) in [5, 5.41) is 6.19. The molecule has 4 nitrogen and oxygen atoms in total. The largest absolute Gasteiger partial charge is 0.375 e. The van der Waals surface area contributed by atoms with Gasteiger partial charge < -0.3 is 15.4 Å². The molecule has 1 heterocycles. The van der Waals surface area contributed by atoms with Crippen LogP contribution in [0, 0.1) is 0 Å². The van der Waals surface area contributed by atoms with E-state index >= 15 is 0 Å². The Hall–Kier alpha value is -0.610. The van der Waals surface area contributed by atoms with Gasteiger partial charge in [0.1, 0.15) is 6.61 Å². The summed E-state index contributed by atoms with van der Waals surface area (Å²) in [5.41, 5.74) is 0. The minimum absolute atomic E-state index is 0.0325. The smallest absolute Gasteiger partial charge is 0.246 e. The quantitative estimate of drug-likeness (QED) is 0.644. The highest BCUT2D eigenvalue weighted by atomic mass is 16.5. The molecule has 1 aliphatic rings. The van der Waals surface area contributed by atoms with E-state index in [0.717, 1.165) is 19.5 Å². The second-order valence-corrected chi connectivity index (χ2v) is 3.38. The van der Waals surface area contributed by atoms with Crippen LogP contribution in [-0.2, 0) is 9.53 Å². The number of piperidine rings is 1. The fourth-order valence-electron chi connectivity index (χ4n) is 1.52. The molecule has 13 heavy (non-hydrogen) atoms. The van der Waals surface area contributed by atoms with E-state index in [0.29, 0.717) is 6.04 Å². The lowest BCUT2D eigenvalue weighted by atomic mass is 10.1. The van der Waals surface area contributed by atoms with Gasteiger partial charge in [-0.1, -0.05) is 6.42 Å². The van der Waals surface area contributed by atoms with Crippen molar-refractivity contribution in [2.75, 3.05) is 26.8 Å². The van der Waals surface area contributed by atoms with Gasteiger partial charge in [-0.05, 0) is 19.4 Å². The van der Waals surface area contributed by atoms with Crippen LogP contribution in [0.3, 0.4) is 0 Å². The second kappa shape index (κ2) is 5.94. The maximum absolute atomic E-state index is 11.0. The number of amides is 1. The molecule has 0 aromatic rings. The monoisotopic (exact) mass is 186 g/mol. The Bertz CT molecular complexity index is 156. The van der Waals surface area contributed by atoms with Crippen LogP contribution in [0.2, 0.25) is 0 Å². The van der Waals surface area contributed by atoms with Gasteiger partial charge in [0.15, 0.2) is 0 Å². The molecule has 1 rings (SSSR count). The van der Waals surface area contributed by atoms with Crippen LogP contribution in [0.15, 0.2) is 0 Å². The molecular weight excluding hydrogens is 168 g/mol. The van der Waals surface area contributed by atoms with Crippen molar-refractivity contribution in [1.29, 1.82) is 0 Å². The summed E-state index contributed by atoms with van der Waals surface area (Å²) in [6, 6.07) is 0.453. The number of carbonyl (C=O) groups excluding carboxylic acids is 1. The summed E-state index contributed by atoms with van der Waals surface area (Å²) < 4.78 is 4.71. The van der Waals surface area contributed by atoms with Crippen molar-refractivity contribution in [2.45, 2.75) is 25.3 Å². The van der Waals surface area contributed by atoms with Gasteiger partial charge in [0, 0.05) is 19.7 Å². The third kappa shape index (κ3) is 4.24. The van der Waals surface area contributed by atoms with Gasteiger partial charge in [-0.25, -0.2) is 0 Å². The number of nitrogens with one attached hydrogen (secondary N) is 2. The van der Waals surface area contributed by atoms with Crippen molar-refractivity contribution < 1.29 is 9.53 Å². The minimum atomic E-state index is -0.0325. The fourth-order valence-corrected chi connectivity index (χ4v) is 1.52. The number of hydrogen-bond acceptors (Lipinski definition) is 3. The van der Waals surface area contributed by atoms with E-state index in [4.69, 9.17) is 4.74 Å². The van der Waals surface area contributed by atoms with Crippen molar-refractivity contribution in [3.05, 3.63) is 0 Å². The predicted octanol–water partition coefficient (Wildman–Crippen LogP) is -0.109. The minimum Gasteiger partial charge on any atom is -0.375 e. The summed E-state index contributed by atoms with van der Waals surface area (Å²) in [6.07, 6.45) is 3.67. The molecule has 76 valence electrons. The van der Waals surface area contributed by atoms with Crippen LogP contribution >= 0.6 is 0 Å². The molecule has 0 spiro atoms. The molecule has 0 bridgehead atoms. The highest BCUT2D eigenvalue weighted by molar-refractivity contribution is 5.77. The maximum Gasteiger partial charge on any atom is 0.246 e. The molecule has 4 heteroatoms. The van der Waals surface area contributed by atoms with Crippen molar-refractivity contribution in [3.63, 3.8) is 0 Å². The summed E-state index contributed by atoms with van der Waals surface area (Å²) in [5.74, 6) is -0.0325. The zero-order valence-electron chi connectivity index (χ0n) is 8.14. The first-order valence-corrected chi connectivity index (χ1v) is 4.82. The molecular formula is C9H18N2O2. The molecule has 1 fully saturated rings. The van der Waals surface area contributed by atoms with Crippen molar-refractivity contribution in [2.24, 2.45) is 0 Å². The lowest BCUT2D eigenvalue weighted by molar-refractivity contribution is -0.124. The standard InChI is InChI=1S/C9H18N2O2/c1-13-7-9(12)11-6-8-4-2-3-5-10-8/h8,10H,2-7H2,1H3,(H,11,12). The van der Waals surface area contributed by atoms with Crippen LogP contribution in [0.4, 0.5) is 0 Å². The van der Waals surface area contributed by atoms with Gasteiger partial charge in [0.25, 0.3) is 0 Å². The Kier molecular flexibility index (Phi) is 4.78. The van der Waals surface area contributed by atoms with Gasteiger partial charge in [0.05, 0.1) is 0 Å². The topological polar surface area (TPSA) is 50.4 Å². The summed E-state index contributed by atoms with van der Waals surface area (Å²) in [6.45, 7) is 1.96. The summed E-state index contributed by atoms with van der Waals surface area (Å²) >= 11 is 0. The van der Waals surface area contributed by atoms with Crippen molar-refractivity contribution >= 4 is 5.91 Å². The average Bonchev–Trinajstić information content (AvgIpc) is 2.17. The first kappa shape index (κ1) is 10.5. The Morgan fingerprint density at radius 2 is 2.46 bits per heavy atom. The Balaban J connectivity index is 2.06. The predicted molar refractivity (Wildman–Crippen MR) is 50.5 cm³/mol. The number of carbonyl (C=O) groups is 1. The Morgan fingerprint density at radius 1 is 1.62 bits per heavy atom. The van der Waals surface area contributed by atoms with E-state index in [-0.39, 0.29) is 12.5 Å². The van der Waals surface area contributed by atoms with E-state index in [1.165, 1.54) is 20.0 Å². The zero-order chi connectivity index (χ0) is 9.52. The number of rotatable bonds is 4. The zero-order valence-corrected chi connectivity index (χ0v) is 8.14.